The maximum atomic E-state index is 9.12. The van der Waals surface area contributed by atoms with Crippen LogP contribution >= 0.6 is 0 Å². The second-order valence-corrected chi connectivity index (χ2v) is 7.46. The molecule has 0 aliphatic rings. The number of hydrogen-bond donors (Lipinski definition) is 0. The highest BCUT2D eigenvalue weighted by Gasteiger charge is 2.19. The summed E-state index contributed by atoms with van der Waals surface area (Å²) >= 11 is 0. The fraction of sp³-hybridized carbons (Fsp3) is 0. The summed E-state index contributed by atoms with van der Waals surface area (Å²) in [4.78, 5) is 37.0. The van der Waals surface area contributed by atoms with E-state index in [0.29, 0.717) is 11.4 Å². The number of allylic oxidation sites excluding steroid dienone is 3. The van der Waals surface area contributed by atoms with Crippen LogP contribution in [0.25, 0.3) is 73.8 Å². The predicted molar refractivity (Wildman–Crippen MR) is 155 cm³/mol. The smallest absolute Gasteiger partial charge is 0.156 e. The molecule has 12 heteroatoms. The summed E-state index contributed by atoms with van der Waals surface area (Å²) in [7, 11) is 0. The minimum Gasteiger partial charge on any atom is -0.254 e. The Labute approximate surface area is 240 Å². The summed E-state index contributed by atoms with van der Waals surface area (Å²) in [5, 5.41) is 27.1. The van der Waals surface area contributed by atoms with Gasteiger partial charge >= 0.3 is 0 Å². The summed E-state index contributed by atoms with van der Waals surface area (Å²) in [6.45, 7) is 21.3. The molecule has 0 bridgehead atoms. The third-order valence-corrected chi connectivity index (χ3v) is 4.96. The number of aromatic nitrogens is 6. The fourth-order valence-electron chi connectivity index (χ4n) is 3.29. The first-order chi connectivity index (χ1) is 20.6. The van der Waals surface area contributed by atoms with Gasteiger partial charge in [0.15, 0.2) is 18.6 Å². The van der Waals surface area contributed by atoms with Gasteiger partial charge in [-0.1, -0.05) is 0 Å². The Morgan fingerprint density at radius 3 is 1.26 bits per heavy atom. The lowest BCUT2D eigenvalue weighted by Gasteiger charge is -2.13. The Balaban J connectivity index is 2.43. The molecule has 0 saturated heterocycles. The van der Waals surface area contributed by atoms with Crippen LogP contribution in [0.2, 0.25) is 0 Å². The molecule has 12 nitrogen and oxygen atoms in total. The molecule has 3 aromatic heterocycles. The molecule has 0 fully saturated rings. The SMILES string of the molecule is [C-]#[N+]C=Cc1ncc(-c2nc(C=C[N+]#[C-])c(C=CC#N)nc2-c2cnc(C=CC#N)c(C=CC#N)n2)nc1C=C[N+]#[C-]. The van der Waals surface area contributed by atoms with Crippen LogP contribution in [0.3, 0.4) is 0 Å². The second kappa shape index (κ2) is 15.1. The van der Waals surface area contributed by atoms with E-state index in [4.69, 9.17) is 35.5 Å². The van der Waals surface area contributed by atoms with Gasteiger partial charge in [0.05, 0.1) is 84.5 Å². The van der Waals surface area contributed by atoms with Gasteiger partial charge in [-0.25, -0.2) is 34.5 Å². The van der Waals surface area contributed by atoms with Gasteiger partial charge in [0, 0.05) is 18.2 Å². The Morgan fingerprint density at radius 2 is 0.833 bits per heavy atom. The van der Waals surface area contributed by atoms with Crippen LogP contribution in [-0.2, 0) is 0 Å². The van der Waals surface area contributed by atoms with Crippen molar-refractivity contribution in [1.29, 1.82) is 15.8 Å². The zero-order valence-electron chi connectivity index (χ0n) is 21.4. The molecule has 0 spiro atoms. The third-order valence-electron chi connectivity index (χ3n) is 4.96. The Kier molecular flexibility index (Phi) is 10.5. The largest absolute Gasteiger partial charge is 0.254 e. The normalized spacial score (nSPS) is 11.1. The van der Waals surface area contributed by atoms with Crippen molar-refractivity contribution in [1.82, 2.24) is 29.9 Å². The molecule has 0 aliphatic carbocycles. The summed E-state index contributed by atoms with van der Waals surface area (Å²) < 4.78 is 0. The molecule has 42 heavy (non-hydrogen) atoms. The van der Waals surface area contributed by atoms with E-state index >= 15 is 0 Å². The highest BCUT2D eigenvalue weighted by molar-refractivity contribution is 5.79. The van der Waals surface area contributed by atoms with Gasteiger partial charge in [-0.3, -0.25) is 9.97 Å². The van der Waals surface area contributed by atoms with Gasteiger partial charge in [-0.2, -0.15) is 15.8 Å². The van der Waals surface area contributed by atoms with E-state index in [2.05, 4.69) is 44.4 Å². The second-order valence-electron chi connectivity index (χ2n) is 7.46. The van der Waals surface area contributed by atoms with Crippen molar-refractivity contribution < 1.29 is 0 Å². The first-order valence-corrected chi connectivity index (χ1v) is 11.5. The summed E-state index contributed by atoms with van der Waals surface area (Å²) in [6, 6.07) is 5.67. The van der Waals surface area contributed by atoms with E-state index in [-0.39, 0.29) is 45.6 Å². The lowest BCUT2D eigenvalue weighted by molar-refractivity contribution is 1.08. The van der Waals surface area contributed by atoms with Crippen LogP contribution in [0.1, 0.15) is 34.2 Å². The van der Waals surface area contributed by atoms with E-state index in [9.17, 15) is 0 Å². The fourth-order valence-corrected chi connectivity index (χ4v) is 3.29. The predicted octanol–water partition coefficient (Wildman–Crippen LogP) is 5.67. The van der Waals surface area contributed by atoms with E-state index in [1.54, 1.807) is 0 Å². The van der Waals surface area contributed by atoms with E-state index in [1.807, 2.05) is 18.2 Å². The zero-order chi connectivity index (χ0) is 30.2. The molecule has 194 valence electrons. The van der Waals surface area contributed by atoms with Gasteiger partial charge in [-0.15, -0.1) is 0 Å². The molecule has 0 aromatic carbocycles. The summed E-state index contributed by atoms with van der Waals surface area (Å²) in [5.41, 5.74) is 2.51. The maximum Gasteiger partial charge on any atom is 0.156 e. The van der Waals surface area contributed by atoms with Crippen LogP contribution in [0.4, 0.5) is 0 Å². The monoisotopic (exact) mass is 542 g/mol. The number of hydrogen-bond acceptors (Lipinski definition) is 9. The highest BCUT2D eigenvalue weighted by atomic mass is 14.9. The van der Waals surface area contributed by atoms with Crippen molar-refractivity contribution in [3.63, 3.8) is 0 Å². The first kappa shape index (κ1) is 29.2. The standard InChI is InChI=1S/C30H14N12/c1-34-16-10-22-25(11-17-35-2)40-28(20-38-22)30-29(41-24(9-6-15-33)26(42-30)12-18-36-3)27-19-37-21(7-4-13-31)23(39-27)8-5-14-32/h4-12,16-20H. The Morgan fingerprint density at radius 1 is 0.500 bits per heavy atom. The number of nitrogens with zero attached hydrogens (tertiary/aromatic N) is 12. The van der Waals surface area contributed by atoms with Crippen molar-refractivity contribution in [2.75, 3.05) is 0 Å². The van der Waals surface area contributed by atoms with Gasteiger partial charge in [0.1, 0.15) is 22.8 Å². The minimum atomic E-state index is 0.182. The van der Waals surface area contributed by atoms with Crippen LogP contribution in [0, 0.1) is 53.7 Å². The number of nitriles is 3. The summed E-state index contributed by atoms with van der Waals surface area (Å²) in [6.07, 6.45) is 18.6. The van der Waals surface area contributed by atoms with Crippen LogP contribution in [0.15, 0.2) is 49.2 Å². The first-order valence-electron chi connectivity index (χ1n) is 11.5. The van der Waals surface area contributed by atoms with Crippen LogP contribution in [0.5, 0.6) is 0 Å². The highest BCUT2D eigenvalue weighted by Crippen LogP contribution is 2.30. The Hall–Kier alpha value is -7.38. The van der Waals surface area contributed by atoms with Crippen molar-refractivity contribution in [2.24, 2.45) is 0 Å². The molecule has 0 aliphatic heterocycles. The Bertz CT molecular complexity index is 1810. The zero-order valence-corrected chi connectivity index (χ0v) is 21.4. The third kappa shape index (κ3) is 7.35. The lowest BCUT2D eigenvalue weighted by atomic mass is 10.1. The van der Waals surface area contributed by atoms with Crippen molar-refractivity contribution in [3.05, 3.63) is 118 Å². The van der Waals surface area contributed by atoms with E-state index < -0.39 is 0 Å². The molecular formula is C30H14N12. The molecule has 0 atom stereocenters. The van der Waals surface area contributed by atoms with Crippen LogP contribution in [-0.4, -0.2) is 29.9 Å². The van der Waals surface area contributed by atoms with Crippen molar-refractivity contribution in [3.8, 4) is 41.0 Å². The average Bonchev–Trinajstić information content (AvgIpc) is 3.02. The molecule has 3 heterocycles. The van der Waals surface area contributed by atoms with Gasteiger partial charge in [-0.05, 0) is 36.5 Å². The van der Waals surface area contributed by atoms with Crippen molar-refractivity contribution >= 4 is 36.5 Å². The molecule has 0 unspecified atom stereocenters. The minimum absolute atomic E-state index is 0.182. The van der Waals surface area contributed by atoms with Crippen LogP contribution < -0.4 is 0 Å². The van der Waals surface area contributed by atoms with Gasteiger partial charge in [0.25, 0.3) is 0 Å². The van der Waals surface area contributed by atoms with Gasteiger partial charge < -0.3 is 0 Å². The molecule has 0 saturated carbocycles. The van der Waals surface area contributed by atoms with E-state index in [0.717, 1.165) is 0 Å². The van der Waals surface area contributed by atoms with Gasteiger partial charge in [0.2, 0.25) is 0 Å². The molecular weight excluding hydrogens is 528 g/mol. The topological polar surface area (TPSA) is 162 Å². The molecule has 0 N–H and O–H groups in total. The number of rotatable bonds is 8. The average molecular weight is 543 g/mol. The molecule has 3 aromatic rings. The quantitative estimate of drug-likeness (QED) is 0.258. The molecule has 0 amide bonds. The van der Waals surface area contributed by atoms with E-state index in [1.165, 1.54) is 85.7 Å². The van der Waals surface area contributed by atoms with Crippen molar-refractivity contribution in [2.45, 2.75) is 0 Å². The molecule has 0 radical (unpaired) electrons. The lowest BCUT2D eigenvalue weighted by Crippen LogP contribution is -2.05. The maximum absolute atomic E-state index is 9.12. The summed E-state index contributed by atoms with van der Waals surface area (Å²) in [5.74, 6) is 0. The molecule has 3 rings (SSSR count).